The van der Waals surface area contributed by atoms with Crippen molar-refractivity contribution in [2.45, 2.75) is 225 Å². The van der Waals surface area contributed by atoms with Crippen LogP contribution >= 0.6 is 7.82 Å². The molecule has 0 saturated carbocycles. The number of hydrogen-bond donors (Lipinski definition) is 2. The molecule has 0 bridgehead atoms. The summed E-state index contributed by atoms with van der Waals surface area (Å²) in [6.45, 7) is 16.8. The number of esters is 2. The fraction of sp³-hybridized carbons (Fsp3) is 0.960. The SMILES string of the molecule is CCCCCCCCCCCCCCCCCC(=O)OC[C@H](COP(=O)([O-])OCCNC(=O)OCCOCCOCCOCCOCCOCCOCCOCCOCCOCCOCCOCCOCCOCCOCCOCCOC)OC(=O)CCCCCCCCCCCCCCCCC.[NH4+]. The summed E-state index contributed by atoms with van der Waals surface area (Å²) in [6, 6.07) is 0. The third kappa shape index (κ3) is 88.5. The first-order valence-electron chi connectivity index (χ1n) is 39.7. The van der Waals surface area contributed by atoms with Gasteiger partial charge < -0.3 is 115 Å². The van der Waals surface area contributed by atoms with Gasteiger partial charge in [-0.05, 0) is 12.8 Å². The van der Waals surface area contributed by atoms with Crippen molar-refractivity contribution in [1.82, 2.24) is 11.5 Å². The Morgan fingerprint density at radius 1 is 0.298 bits per heavy atom. The van der Waals surface area contributed by atoms with Crippen LogP contribution in [-0.2, 0) is 113 Å². The minimum atomic E-state index is -4.91. The molecule has 0 spiro atoms. The largest absolute Gasteiger partial charge is 0.756 e. The molecule has 0 radical (unpaired) electrons. The summed E-state index contributed by atoms with van der Waals surface area (Å²) in [4.78, 5) is 50.5. The number of carbonyl (C=O) groups excluding carboxylic acids is 3. The van der Waals surface area contributed by atoms with E-state index < -0.39 is 45.2 Å². The van der Waals surface area contributed by atoms with E-state index in [0.29, 0.717) is 204 Å². The second kappa shape index (κ2) is 89.5. The van der Waals surface area contributed by atoms with Crippen LogP contribution in [0.4, 0.5) is 4.79 Å². The molecule has 0 aliphatic carbocycles. The second-order valence-electron chi connectivity index (χ2n) is 25.0. The predicted octanol–water partition coefficient (Wildman–Crippen LogP) is 12.5. The van der Waals surface area contributed by atoms with Crippen LogP contribution in [0.2, 0.25) is 0 Å². The molecule has 0 heterocycles. The van der Waals surface area contributed by atoms with Crippen LogP contribution in [0.1, 0.15) is 219 Å². The van der Waals surface area contributed by atoms with E-state index >= 15 is 0 Å². The van der Waals surface area contributed by atoms with Gasteiger partial charge in [-0.3, -0.25) is 14.2 Å². The number of quaternary nitrogens is 1. The van der Waals surface area contributed by atoms with Gasteiger partial charge in [0.1, 0.15) is 13.2 Å². The van der Waals surface area contributed by atoms with Crippen molar-refractivity contribution < 1.29 is 123 Å². The average Bonchev–Trinajstić information content (AvgIpc) is 0.925. The van der Waals surface area contributed by atoms with Crippen molar-refractivity contribution in [3.63, 3.8) is 0 Å². The van der Waals surface area contributed by atoms with Gasteiger partial charge in [-0.15, -0.1) is 0 Å². The Morgan fingerprint density at radius 3 is 0.808 bits per heavy atom. The van der Waals surface area contributed by atoms with Crippen LogP contribution in [0.5, 0.6) is 0 Å². The minimum Gasteiger partial charge on any atom is -0.756 e. The molecular weight excluding hydrogens is 1380 g/mol. The van der Waals surface area contributed by atoms with Gasteiger partial charge in [-0.2, -0.15) is 0 Å². The lowest BCUT2D eigenvalue weighted by molar-refractivity contribution is -0.228. The predicted molar refractivity (Wildman–Crippen MR) is 399 cm³/mol. The van der Waals surface area contributed by atoms with Crippen molar-refractivity contribution in [3.05, 3.63) is 0 Å². The molecule has 29 heteroatoms. The highest BCUT2D eigenvalue weighted by Gasteiger charge is 2.21. The van der Waals surface area contributed by atoms with Gasteiger partial charge in [0, 0.05) is 26.5 Å². The number of rotatable bonds is 90. The zero-order chi connectivity index (χ0) is 74.4. The van der Waals surface area contributed by atoms with Gasteiger partial charge in [0.05, 0.1) is 218 Å². The van der Waals surface area contributed by atoms with Crippen molar-refractivity contribution in [2.24, 2.45) is 0 Å². The summed E-state index contributed by atoms with van der Waals surface area (Å²) in [5, 5.41) is 2.40. The van der Waals surface area contributed by atoms with E-state index in [9.17, 15) is 23.8 Å². The summed E-state index contributed by atoms with van der Waals surface area (Å²) >= 11 is 0. The molecule has 0 aromatic carbocycles. The normalized spacial score (nSPS) is 12.4. The Bertz CT molecular complexity index is 1760. The van der Waals surface area contributed by atoms with E-state index in [1.165, 1.54) is 141 Å². The first kappa shape index (κ1) is 104. The molecule has 1 amide bonds. The van der Waals surface area contributed by atoms with Gasteiger partial charge in [0.2, 0.25) is 0 Å². The number of methoxy groups -OCH3 is 1. The van der Waals surface area contributed by atoms with E-state index in [4.69, 9.17) is 99.0 Å². The minimum absolute atomic E-state index is 0. The molecule has 0 aliphatic heterocycles. The maximum Gasteiger partial charge on any atom is 0.407 e. The Morgan fingerprint density at radius 2 is 0.538 bits per heavy atom. The molecule has 0 rings (SSSR count). The number of alkyl carbamates (subject to hydrolysis) is 1. The van der Waals surface area contributed by atoms with Crippen molar-refractivity contribution >= 4 is 25.9 Å². The molecule has 2 atom stereocenters. The van der Waals surface area contributed by atoms with E-state index in [1.54, 1.807) is 7.11 Å². The first-order valence-corrected chi connectivity index (χ1v) is 41.2. The van der Waals surface area contributed by atoms with Crippen LogP contribution in [0.15, 0.2) is 0 Å². The number of carbonyl (C=O) groups is 3. The maximum absolute atomic E-state index is 12.9. The lowest BCUT2D eigenvalue weighted by Crippen LogP contribution is -2.31. The lowest BCUT2D eigenvalue weighted by atomic mass is 10.0. The zero-order valence-corrected chi connectivity index (χ0v) is 66.6. The number of amides is 1. The highest BCUT2D eigenvalue weighted by atomic mass is 31.2. The van der Waals surface area contributed by atoms with Crippen LogP contribution in [0, 0.1) is 0 Å². The third-order valence-electron chi connectivity index (χ3n) is 15.8. The van der Waals surface area contributed by atoms with Gasteiger partial charge in [-0.1, -0.05) is 194 Å². The van der Waals surface area contributed by atoms with Gasteiger partial charge in [0.25, 0.3) is 7.82 Å². The van der Waals surface area contributed by atoms with Crippen LogP contribution in [-0.4, -0.2) is 269 Å². The highest BCUT2D eigenvalue weighted by molar-refractivity contribution is 7.45. The van der Waals surface area contributed by atoms with E-state index in [1.807, 2.05) is 0 Å². The lowest BCUT2D eigenvalue weighted by Gasteiger charge is -2.25. The molecule has 0 aromatic rings. The molecule has 0 aromatic heterocycles. The quantitative estimate of drug-likeness (QED) is 0.0247. The Labute approximate surface area is 628 Å². The summed E-state index contributed by atoms with van der Waals surface area (Å²) in [6.07, 6.45) is 34.7. The number of nitrogens with one attached hydrogen (secondary N) is 1. The number of phosphoric ester groups is 1. The number of ether oxygens (including phenoxy) is 19. The van der Waals surface area contributed by atoms with E-state index in [0.717, 1.165) is 38.5 Å². The monoisotopic (exact) mass is 1530 g/mol. The Hall–Kier alpha value is -2.36. The summed E-state index contributed by atoms with van der Waals surface area (Å²) < 4.78 is 126. The van der Waals surface area contributed by atoms with Crippen LogP contribution < -0.4 is 16.4 Å². The van der Waals surface area contributed by atoms with Crippen LogP contribution in [0.3, 0.4) is 0 Å². The molecule has 0 fully saturated rings. The standard InChI is InChI=1S/C75H148NO26P.H3N/c1-4-6-8-10-12-14-16-18-20-22-24-26-28-30-32-34-73(77)99-70-72(102-74(78)35-33-31-29-27-25-23-21-19-17-15-13-11-9-7-5-2)71-101-103(80,81)100-37-36-76-75(79)98-69-68-97-67-66-96-65-64-95-63-62-94-61-60-93-59-58-92-57-56-91-55-54-90-53-52-89-51-50-88-49-48-87-47-46-86-45-44-85-43-42-84-41-40-83-39-38-82-3;/h72H,4-71H2,1-3H3,(H,76,79)(H,80,81);1H3/t72-;/m1./s1. The third-order valence-corrected chi connectivity index (χ3v) is 16.8. The molecular formula is C75H151N2O26P. The molecule has 28 nitrogen and oxygen atoms in total. The Kier molecular flexibility index (Phi) is 89.3. The summed E-state index contributed by atoms with van der Waals surface area (Å²) in [5.74, 6) is -0.967. The van der Waals surface area contributed by atoms with Crippen molar-refractivity contribution in [2.75, 3.05) is 245 Å². The zero-order valence-electron chi connectivity index (χ0n) is 65.7. The van der Waals surface area contributed by atoms with E-state index in [2.05, 4.69) is 19.2 Å². The molecule has 622 valence electrons. The summed E-state index contributed by atoms with van der Waals surface area (Å²) in [7, 11) is -3.27. The number of hydrogen-bond acceptors (Lipinski definition) is 26. The molecule has 0 aliphatic rings. The summed E-state index contributed by atoms with van der Waals surface area (Å²) in [5.41, 5.74) is 0. The fourth-order valence-electron chi connectivity index (χ4n) is 9.99. The molecule has 0 saturated heterocycles. The van der Waals surface area contributed by atoms with Crippen molar-refractivity contribution in [1.29, 1.82) is 0 Å². The van der Waals surface area contributed by atoms with Gasteiger partial charge >= 0.3 is 18.0 Å². The fourth-order valence-corrected chi connectivity index (χ4v) is 10.7. The molecule has 1 unspecified atom stereocenters. The van der Waals surface area contributed by atoms with Gasteiger partial charge in [-0.25, -0.2) is 4.79 Å². The smallest absolute Gasteiger partial charge is 0.407 e. The first-order chi connectivity index (χ1) is 50.7. The van der Waals surface area contributed by atoms with Gasteiger partial charge in [0.15, 0.2) is 6.10 Å². The van der Waals surface area contributed by atoms with Crippen LogP contribution in [0.25, 0.3) is 0 Å². The second-order valence-corrected chi connectivity index (χ2v) is 26.4. The van der Waals surface area contributed by atoms with E-state index in [-0.39, 0.29) is 52.0 Å². The average molecular weight is 1530 g/mol. The number of unbranched alkanes of at least 4 members (excludes halogenated alkanes) is 28. The molecule has 104 heavy (non-hydrogen) atoms. The topological polar surface area (TPSA) is 334 Å². The molecule has 5 N–H and O–H groups in total. The highest BCUT2D eigenvalue weighted by Crippen LogP contribution is 2.38. The Balaban J connectivity index is 0. The maximum atomic E-state index is 12.9. The number of phosphoric acid groups is 1. The van der Waals surface area contributed by atoms with Crippen molar-refractivity contribution in [3.8, 4) is 0 Å².